The third-order valence-corrected chi connectivity index (χ3v) is 6.71. The normalized spacial score (nSPS) is 16.8. The summed E-state index contributed by atoms with van der Waals surface area (Å²) in [5.74, 6) is -1.04. The van der Waals surface area contributed by atoms with E-state index < -0.39 is 11.4 Å². The minimum Gasteiger partial charge on any atom is -0.378 e. The van der Waals surface area contributed by atoms with E-state index in [0.717, 1.165) is 16.8 Å². The second kappa shape index (κ2) is 10.9. The standard InChI is InChI=1S/C28H34N6O3/c1-5-15-34-26(36)24-23(25(35)29-16-21-11-13-22(14-12-21)32(3)4)31-19-33(24)18-28(34,2)27(37)30-17-20-9-7-6-8-10-20/h6-14,19H,5,15-18H2,1-4H3,(H,29,35)(H,30,37). The molecule has 1 unspecified atom stereocenters. The Bertz CT molecular complexity index is 1270. The van der Waals surface area contributed by atoms with E-state index in [2.05, 4.69) is 15.6 Å². The molecule has 0 radical (unpaired) electrons. The lowest BCUT2D eigenvalue weighted by Gasteiger charge is -2.43. The van der Waals surface area contributed by atoms with Gasteiger partial charge in [-0.05, 0) is 36.6 Å². The van der Waals surface area contributed by atoms with Crippen LogP contribution < -0.4 is 15.5 Å². The second-order valence-electron chi connectivity index (χ2n) is 9.71. The highest BCUT2D eigenvalue weighted by molar-refractivity contribution is 6.07. The third-order valence-electron chi connectivity index (χ3n) is 6.71. The molecule has 37 heavy (non-hydrogen) atoms. The van der Waals surface area contributed by atoms with Gasteiger partial charge in [0, 0.05) is 39.4 Å². The smallest absolute Gasteiger partial charge is 0.273 e. The van der Waals surface area contributed by atoms with Crippen LogP contribution in [0.15, 0.2) is 60.9 Å². The van der Waals surface area contributed by atoms with Crippen LogP contribution in [-0.4, -0.2) is 58.4 Å². The van der Waals surface area contributed by atoms with E-state index in [4.69, 9.17) is 0 Å². The van der Waals surface area contributed by atoms with Crippen LogP contribution in [0.2, 0.25) is 0 Å². The highest BCUT2D eigenvalue weighted by Crippen LogP contribution is 2.29. The minimum atomic E-state index is -1.11. The van der Waals surface area contributed by atoms with Crippen LogP contribution in [0.3, 0.4) is 0 Å². The first-order valence-corrected chi connectivity index (χ1v) is 12.5. The van der Waals surface area contributed by atoms with Crippen LogP contribution in [0.4, 0.5) is 5.69 Å². The van der Waals surface area contributed by atoms with Crippen molar-refractivity contribution in [2.45, 2.75) is 45.4 Å². The lowest BCUT2D eigenvalue weighted by molar-refractivity contribution is -0.133. The monoisotopic (exact) mass is 502 g/mol. The zero-order valence-electron chi connectivity index (χ0n) is 21.8. The van der Waals surface area contributed by atoms with E-state index in [1.807, 2.05) is 80.5 Å². The van der Waals surface area contributed by atoms with Crippen molar-refractivity contribution >= 4 is 23.4 Å². The van der Waals surface area contributed by atoms with Crippen LogP contribution in [0.1, 0.15) is 52.4 Å². The maximum Gasteiger partial charge on any atom is 0.273 e. The molecule has 194 valence electrons. The van der Waals surface area contributed by atoms with Crippen LogP contribution >= 0.6 is 0 Å². The SMILES string of the molecule is CCCN1C(=O)c2c(C(=O)NCc3ccc(N(C)C)cc3)ncn2CC1(C)C(=O)NCc1ccccc1. The summed E-state index contributed by atoms with van der Waals surface area (Å²) in [6.45, 7) is 4.99. The zero-order valence-corrected chi connectivity index (χ0v) is 21.8. The number of carbonyl (C=O) groups is 3. The summed E-state index contributed by atoms with van der Waals surface area (Å²) in [4.78, 5) is 47.9. The fourth-order valence-electron chi connectivity index (χ4n) is 4.57. The zero-order chi connectivity index (χ0) is 26.6. The maximum atomic E-state index is 13.7. The molecule has 1 aliphatic rings. The number of hydrogen-bond donors (Lipinski definition) is 2. The Morgan fingerprint density at radius 2 is 1.65 bits per heavy atom. The van der Waals surface area contributed by atoms with Crippen molar-refractivity contribution in [3.8, 4) is 0 Å². The molecule has 0 aliphatic carbocycles. The highest BCUT2D eigenvalue weighted by atomic mass is 16.2. The molecule has 1 aliphatic heterocycles. The molecule has 1 atom stereocenters. The van der Waals surface area contributed by atoms with Gasteiger partial charge in [-0.2, -0.15) is 0 Å². The molecule has 1 aromatic heterocycles. The van der Waals surface area contributed by atoms with E-state index in [9.17, 15) is 14.4 Å². The fourth-order valence-corrected chi connectivity index (χ4v) is 4.57. The molecule has 2 heterocycles. The Labute approximate surface area is 217 Å². The Balaban J connectivity index is 1.51. The van der Waals surface area contributed by atoms with Crippen molar-refractivity contribution in [1.82, 2.24) is 25.1 Å². The lowest BCUT2D eigenvalue weighted by Crippen LogP contribution is -2.64. The van der Waals surface area contributed by atoms with Crippen LogP contribution in [0.5, 0.6) is 0 Å². The van der Waals surface area contributed by atoms with Crippen LogP contribution in [-0.2, 0) is 24.4 Å². The van der Waals surface area contributed by atoms with E-state index in [1.54, 1.807) is 16.4 Å². The molecule has 0 fully saturated rings. The summed E-state index contributed by atoms with van der Waals surface area (Å²) < 4.78 is 1.62. The number of benzene rings is 2. The number of anilines is 1. The number of hydrogen-bond acceptors (Lipinski definition) is 5. The van der Waals surface area contributed by atoms with Gasteiger partial charge >= 0.3 is 0 Å². The number of nitrogens with zero attached hydrogens (tertiary/aromatic N) is 4. The topological polar surface area (TPSA) is 99.6 Å². The number of aromatic nitrogens is 2. The highest BCUT2D eigenvalue weighted by Gasteiger charge is 2.48. The minimum absolute atomic E-state index is 0.0720. The van der Waals surface area contributed by atoms with Gasteiger partial charge in [-0.15, -0.1) is 0 Å². The van der Waals surface area contributed by atoms with Crippen LogP contribution in [0.25, 0.3) is 0 Å². The van der Waals surface area contributed by atoms with E-state index in [1.165, 1.54) is 6.33 Å². The van der Waals surface area contributed by atoms with Crippen molar-refractivity contribution in [3.05, 3.63) is 83.4 Å². The average Bonchev–Trinajstić information content (AvgIpc) is 3.32. The molecule has 2 N–H and O–H groups in total. The summed E-state index contributed by atoms with van der Waals surface area (Å²) in [6, 6.07) is 17.5. The molecule has 0 saturated carbocycles. The van der Waals surface area contributed by atoms with Gasteiger partial charge in [0.25, 0.3) is 11.8 Å². The van der Waals surface area contributed by atoms with E-state index >= 15 is 0 Å². The lowest BCUT2D eigenvalue weighted by atomic mass is 9.94. The molecule has 0 spiro atoms. The number of nitrogens with one attached hydrogen (secondary N) is 2. The number of imidazole rings is 1. The molecule has 3 aromatic rings. The van der Waals surface area contributed by atoms with Gasteiger partial charge in [0.2, 0.25) is 5.91 Å². The van der Waals surface area contributed by atoms with Crippen molar-refractivity contribution in [3.63, 3.8) is 0 Å². The summed E-state index contributed by atoms with van der Waals surface area (Å²) in [5, 5.41) is 5.85. The average molecular weight is 503 g/mol. The summed E-state index contributed by atoms with van der Waals surface area (Å²) in [5.41, 5.74) is 2.15. The predicted molar refractivity (Wildman–Crippen MR) is 142 cm³/mol. The van der Waals surface area contributed by atoms with Gasteiger partial charge in [-0.1, -0.05) is 49.4 Å². The third kappa shape index (κ3) is 5.35. The fraction of sp³-hybridized carbons (Fsp3) is 0.357. The number of carbonyl (C=O) groups excluding carboxylic acids is 3. The van der Waals surface area contributed by atoms with Gasteiger partial charge in [-0.3, -0.25) is 14.4 Å². The van der Waals surface area contributed by atoms with Crippen LogP contribution in [0, 0.1) is 0 Å². The van der Waals surface area contributed by atoms with Crippen molar-refractivity contribution < 1.29 is 14.4 Å². The predicted octanol–water partition coefficient (Wildman–Crippen LogP) is 2.82. The molecule has 9 heteroatoms. The Hall–Kier alpha value is -4.14. The first kappa shape index (κ1) is 25.9. The molecule has 4 rings (SSSR count). The number of amides is 3. The summed E-state index contributed by atoms with van der Waals surface area (Å²) in [7, 11) is 3.94. The van der Waals surface area contributed by atoms with Crippen molar-refractivity contribution in [2.75, 3.05) is 25.5 Å². The van der Waals surface area contributed by atoms with E-state index in [-0.39, 0.29) is 29.7 Å². The molecular weight excluding hydrogens is 468 g/mol. The molecular formula is C28H34N6O3. The van der Waals surface area contributed by atoms with Gasteiger partial charge in [-0.25, -0.2) is 4.98 Å². The quantitative estimate of drug-likeness (QED) is 0.469. The molecule has 3 amide bonds. The molecule has 9 nitrogen and oxygen atoms in total. The summed E-state index contributed by atoms with van der Waals surface area (Å²) >= 11 is 0. The first-order valence-electron chi connectivity index (χ1n) is 12.5. The Morgan fingerprint density at radius 1 is 1.00 bits per heavy atom. The first-order chi connectivity index (χ1) is 17.7. The summed E-state index contributed by atoms with van der Waals surface area (Å²) in [6.07, 6.45) is 2.14. The maximum absolute atomic E-state index is 13.7. The van der Waals surface area contributed by atoms with Crippen molar-refractivity contribution in [2.24, 2.45) is 0 Å². The molecule has 2 aromatic carbocycles. The van der Waals surface area contributed by atoms with Gasteiger partial charge in [0.1, 0.15) is 11.2 Å². The number of rotatable bonds is 9. The Morgan fingerprint density at radius 3 is 2.30 bits per heavy atom. The number of fused-ring (bicyclic) bond motifs is 1. The Kier molecular flexibility index (Phi) is 7.61. The van der Waals surface area contributed by atoms with Gasteiger partial charge in [0.15, 0.2) is 5.69 Å². The molecule has 0 saturated heterocycles. The van der Waals surface area contributed by atoms with Gasteiger partial charge in [0.05, 0.1) is 12.9 Å². The van der Waals surface area contributed by atoms with Crippen molar-refractivity contribution in [1.29, 1.82) is 0 Å². The van der Waals surface area contributed by atoms with Gasteiger partial charge < -0.3 is 25.0 Å². The second-order valence-corrected chi connectivity index (χ2v) is 9.71. The molecule has 0 bridgehead atoms. The van der Waals surface area contributed by atoms with E-state index in [0.29, 0.717) is 26.1 Å². The largest absolute Gasteiger partial charge is 0.378 e.